The molecule has 0 radical (unpaired) electrons. The van der Waals surface area contributed by atoms with Crippen molar-refractivity contribution in [2.24, 2.45) is 0 Å². The second-order valence-corrected chi connectivity index (χ2v) is 3.99. The summed E-state index contributed by atoms with van der Waals surface area (Å²) in [5, 5.41) is 9.66. The highest BCUT2D eigenvalue weighted by Gasteiger charge is 2.12. The maximum absolute atomic E-state index is 10.9. The highest BCUT2D eigenvalue weighted by atomic mass is 35.5. The van der Waals surface area contributed by atoms with Crippen molar-refractivity contribution in [1.82, 2.24) is 4.98 Å². The number of aromatic carboxylic acids is 1. The van der Waals surface area contributed by atoms with E-state index in [1.165, 1.54) is 7.11 Å². The van der Waals surface area contributed by atoms with Crippen molar-refractivity contribution in [1.29, 1.82) is 0 Å². The topological polar surface area (TPSA) is 71.5 Å². The molecule has 2 rings (SSSR count). The van der Waals surface area contributed by atoms with Gasteiger partial charge in [-0.3, -0.25) is 0 Å². The largest absolute Gasteiger partial charge is 0.493 e. The van der Waals surface area contributed by atoms with Crippen LogP contribution in [0.2, 0.25) is 0 Å². The zero-order valence-electron chi connectivity index (χ0n) is 9.70. The van der Waals surface area contributed by atoms with E-state index in [9.17, 15) is 4.79 Å². The molecule has 0 atom stereocenters. The minimum Gasteiger partial charge on any atom is -0.493 e. The number of alkyl halides is 1. The number of carboxylic acid groups (broad SMARTS) is 1. The standard InChI is InChI=1S/C12H12ClNO4/c1-17-10-5-7-4-9(12(15)16)14-8(7)6-11(10)18-3-2-13/h4-6,14H,2-3H2,1H3,(H,15,16). The average molecular weight is 270 g/mol. The van der Waals surface area contributed by atoms with E-state index < -0.39 is 5.97 Å². The first-order chi connectivity index (χ1) is 8.65. The van der Waals surface area contributed by atoms with Gasteiger partial charge in [0.2, 0.25) is 0 Å². The lowest BCUT2D eigenvalue weighted by atomic mass is 10.2. The van der Waals surface area contributed by atoms with Gasteiger partial charge in [0.25, 0.3) is 0 Å². The first-order valence-corrected chi connectivity index (χ1v) is 5.82. The predicted molar refractivity (Wildman–Crippen MR) is 68.0 cm³/mol. The number of nitrogens with one attached hydrogen (secondary N) is 1. The fourth-order valence-corrected chi connectivity index (χ4v) is 1.75. The summed E-state index contributed by atoms with van der Waals surface area (Å²) >= 11 is 5.56. The van der Waals surface area contributed by atoms with Gasteiger partial charge in [-0.1, -0.05) is 0 Å². The van der Waals surface area contributed by atoms with Crippen LogP contribution < -0.4 is 9.47 Å². The number of carboxylic acids is 1. The molecule has 1 heterocycles. The molecule has 0 saturated carbocycles. The van der Waals surface area contributed by atoms with Crippen molar-refractivity contribution in [2.45, 2.75) is 0 Å². The molecule has 1 aromatic carbocycles. The number of H-pyrrole nitrogens is 1. The van der Waals surface area contributed by atoms with Gasteiger partial charge in [0, 0.05) is 11.5 Å². The van der Waals surface area contributed by atoms with Gasteiger partial charge >= 0.3 is 5.97 Å². The normalized spacial score (nSPS) is 10.6. The quantitative estimate of drug-likeness (QED) is 0.818. The highest BCUT2D eigenvalue weighted by molar-refractivity contribution is 6.18. The molecule has 96 valence electrons. The van der Waals surface area contributed by atoms with Crippen LogP contribution in [0.1, 0.15) is 10.5 Å². The van der Waals surface area contributed by atoms with E-state index in [2.05, 4.69) is 4.98 Å². The van der Waals surface area contributed by atoms with Crippen molar-refractivity contribution >= 4 is 28.5 Å². The lowest BCUT2D eigenvalue weighted by molar-refractivity contribution is 0.0691. The Morgan fingerprint density at radius 1 is 1.39 bits per heavy atom. The number of halogens is 1. The van der Waals surface area contributed by atoms with Gasteiger partial charge in [0.05, 0.1) is 18.5 Å². The molecule has 0 amide bonds. The van der Waals surface area contributed by atoms with Crippen LogP contribution in [0.25, 0.3) is 10.9 Å². The molecule has 5 nitrogen and oxygen atoms in total. The van der Waals surface area contributed by atoms with E-state index in [4.69, 9.17) is 26.2 Å². The highest BCUT2D eigenvalue weighted by Crippen LogP contribution is 2.32. The van der Waals surface area contributed by atoms with E-state index >= 15 is 0 Å². The summed E-state index contributed by atoms with van der Waals surface area (Å²) in [5.74, 6) is 0.438. The van der Waals surface area contributed by atoms with Gasteiger partial charge in [-0.05, 0) is 12.1 Å². The molecule has 0 spiro atoms. The zero-order chi connectivity index (χ0) is 13.1. The maximum atomic E-state index is 10.9. The third kappa shape index (κ3) is 2.36. The van der Waals surface area contributed by atoms with Crippen LogP contribution in [0.3, 0.4) is 0 Å². The van der Waals surface area contributed by atoms with Crippen molar-refractivity contribution in [3.63, 3.8) is 0 Å². The second-order valence-electron chi connectivity index (χ2n) is 3.62. The summed E-state index contributed by atoms with van der Waals surface area (Å²) in [6.45, 7) is 0.357. The summed E-state index contributed by atoms with van der Waals surface area (Å²) in [6.07, 6.45) is 0. The molecule has 1 aromatic heterocycles. The van der Waals surface area contributed by atoms with Gasteiger partial charge in [-0.2, -0.15) is 0 Å². The van der Waals surface area contributed by atoms with Crippen LogP contribution in [0.15, 0.2) is 18.2 Å². The molecule has 2 N–H and O–H groups in total. The molecule has 18 heavy (non-hydrogen) atoms. The SMILES string of the molecule is COc1cc2cc(C(=O)O)[nH]c2cc1OCCCl. The van der Waals surface area contributed by atoms with Crippen molar-refractivity contribution in [2.75, 3.05) is 19.6 Å². The number of benzene rings is 1. The molecular formula is C12H12ClNO4. The van der Waals surface area contributed by atoms with E-state index in [1.54, 1.807) is 18.2 Å². The van der Waals surface area contributed by atoms with Gasteiger partial charge in [0.1, 0.15) is 12.3 Å². The van der Waals surface area contributed by atoms with E-state index in [0.717, 1.165) is 5.39 Å². The Bertz CT molecular complexity index is 579. The van der Waals surface area contributed by atoms with Crippen LogP contribution in [-0.4, -0.2) is 35.7 Å². The zero-order valence-corrected chi connectivity index (χ0v) is 10.5. The number of ether oxygens (including phenoxy) is 2. The summed E-state index contributed by atoms with van der Waals surface area (Å²) in [4.78, 5) is 13.7. The summed E-state index contributed by atoms with van der Waals surface area (Å²) < 4.78 is 10.6. The third-order valence-electron chi connectivity index (χ3n) is 2.47. The van der Waals surface area contributed by atoms with Crippen LogP contribution in [0.4, 0.5) is 0 Å². The number of hydrogen-bond donors (Lipinski definition) is 2. The molecule has 0 aliphatic rings. The minimum absolute atomic E-state index is 0.126. The number of methoxy groups -OCH3 is 1. The average Bonchev–Trinajstić information content (AvgIpc) is 2.77. The summed E-state index contributed by atoms with van der Waals surface area (Å²) in [5.41, 5.74) is 0.805. The molecule has 2 aromatic rings. The number of aromatic amines is 1. The van der Waals surface area contributed by atoms with Gasteiger partial charge in [-0.25, -0.2) is 4.79 Å². The monoisotopic (exact) mass is 269 g/mol. The predicted octanol–water partition coefficient (Wildman–Crippen LogP) is 2.49. The second kappa shape index (κ2) is 5.18. The molecule has 0 fully saturated rings. The van der Waals surface area contributed by atoms with Crippen LogP contribution in [0.5, 0.6) is 11.5 Å². The molecule has 0 aliphatic heterocycles. The van der Waals surface area contributed by atoms with Gasteiger partial charge < -0.3 is 19.6 Å². The summed E-state index contributed by atoms with van der Waals surface area (Å²) in [6, 6.07) is 4.97. The Hall–Kier alpha value is -1.88. The minimum atomic E-state index is -1.01. The van der Waals surface area contributed by atoms with Crippen molar-refractivity contribution in [3.8, 4) is 11.5 Å². The Morgan fingerprint density at radius 2 is 2.17 bits per heavy atom. The molecule has 6 heteroatoms. The van der Waals surface area contributed by atoms with E-state index in [-0.39, 0.29) is 5.69 Å². The first-order valence-electron chi connectivity index (χ1n) is 5.28. The Morgan fingerprint density at radius 3 is 2.78 bits per heavy atom. The van der Waals surface area contributed by atoms with Crippen LogP contribution >= 0.6 is 11.6 Å². The lowest BCUT2D eigenvalue weighted by Gasteiger charge is -2.09. The number of carbonyl (C=O) groups is 1. The van der Waals surface area contributed by atoms with Crippen LogP contribution in [-0.2, 0) is 0 Å². The molecular weight excluding hydrogens is 258 g/mol. The smallest absolute Gasteiger partial charge is 0.352 e. The fourth-order valence-electron chi connectivity index (χ4n) is 1.68. The van der Waals surface area contributed by atoms with Gasteiger partial charge in [0.15, 0.2) is 11.5 Å². The summed E-state index contributed by atoms with van der Waals surface area (Å²) in [7, 11) is 1.53. The number of hydrogen-bond acceptors (Lipinski definition) is 3. The first kappa shape index (κ1) is 12.6. The van der Waals surface area contributed by atoms with E-state index in [1.807, 2.05) is 0 Å². The lowest BCUT2D eigenvalue weighted by Crippen LogP contribution is -2.00. The van der Waals surface area contributed by atoms with Gasteiger partial charge in [-0.15, -0.1) is 11.6 Å². The van der Waals surface area contributed by atoms with E-state index in [0.29, 0.717) is 29.5 Å². The number of fused-ring (bicyclic) bond motifs is 1. The fraction of sp³-hybridized carbons (Fsp3) is 0.250. The molecule has 0 bridgehead atoms. The molecule has 0 aliphatic carbocycles. The Kier molecular flexibility index (Phi) is 3.62. The Balaban J connectivity index is 2.47. The number of rotatable bonds is 5. The number of aromatic nitrogens is 1. The molecule has 0 saturated heterocycles. The Labute approximate surface area is 108 Å². The molecule has 0 unspecified atom stereocenters. The van der Waals surface area contributed by atoms with Crippen molar-refractivity contribution < 1.29 is 19.4 Å². The maximum Gasteiger partial charge on any atom is 0.352 e. The van der Waals surface area contributed by atoms with Crippen molar-refractivity contribution in [3.05, 3.63) is 23.9 Å². The van der Waals surface area contributed by atoms with Crippen LogP contribution in [0, 0.1) is 0 Å². The third-order valence-corrected chi connectivity index (χ3v) is 2.62.